The van der Waals surface area contributed by atoms with E-state index in [-0.39, 0.29) is 18.2 Å². The van der Waals surface area contributed by atoms with Crippen LogP contribution in [0.3, 0.4) is 0 Å². The lowest BCUT2D eigenvalue weighted by Gasteiger charge is -2.39. The number of carbonyl (C=O) groups excluding carboxylic acids is 1. The highest BCUT2D eigenvalue weighted by molar-refractivity contribution is 8.14. The molecule has 0 N–H and O–H groups in total. The minimum Gasteiger partial charge on any atom is -0.487 e. The maximum Gasteiger partial charge on any atom is 0.410 e. The maximum atomic E-state index is 11.9. The lowest BCUT2D eigenvalue weighted by atomic mass is 10.1. The van der Waals surface area contributed by atoms with E-state index in [9.17, 15) is 4.79 Å². The summed E-state index contributed by atoms with van der Waals surface area (Å²) in [7, 11) is 0. The van der Waals surface area contributed by atoms with Crippen molar-refractivity contribution in [2.45, 2.75) is 50.7 Å². The van der Waals surface area contributed by atoms with Crippen LogP contribution in [0.15, 0.2) is 29.0 Å². The highest BCUT2D eigenvalue weighted by Crippen LogP contribution is 2.33. The predicted molar refractivity (Wildman–Crippen MR) is 88.2 cm³/mol. The lowest BCUT2D eigenvalue weighted by molar-refractivity contribution is -0.0400. The fourth-order valence-electron chi connectivity index (χ4n) is 2.54. The van der Waals surface area contributed by atoms with Gasteiger partial charge in [0.05, 0.1) is 29.4 Å². The second-order valence-electron chi connectivity index (χ2n) is 6.77. The fraction of sp³-hybridized carbons (Fsp3) is 0.625. The molecule has 2 aliphatic heterocycles. The minimum absolute atomic E-state index is 0.0408. The van der Waals surface area contributed by atoms with Crippen molar-refractivity contribution in [3.05, 3.63) is 24.0 Å². The third kappa shape index (κ3) is 3.48. The number of thioether (sulfide) groups is 1. The number of aliphatic imine (C=N–C) groups is 1. The molecule has 0 unspecified atom stereocenters. The summed E-state index contributed by atoms with van der Waals surface area (Å²) in [6.45, 7) is 8.80. The van der Waals surface area contributed by atoms with Crippen molar-refractivity contribution in [1.82, 2.24) is 4.90 Å². The van der Waals surface area contributed by atoms with E-state index in [0.717, 1.165) is 10.8 Å². The highest BCUT2D eigenvalue weighted by Gasteiger charge is 2.36. The molecule has 2 heterocycles. The molecule has 0 spiro atoms. The number of carbonyl (C=O) groups is 1. The van der Waals surface area contributed by atoms with Crippen molar-refractivity contribution in [2.24, 2.45) is 4.99 Å². The van der Waals surface area contributed by atoms with Gasteiger partial charge in [-0.05, 0) is 39.8 Å². The summed E-state index contributed by atoms with van der Waals surface area (Å²) in [5, 5.41) is 1.53. The summed E-state index contributed by atoms with van der Waals surface area (Å²) in [5.74, 6) is 0.856. The van der Waals surface area contributed by atoms with Crippen molar-refractivity contribution in [1.29, 1.82) is 0 Å². The molecule has 120 valence electrons. The molecule has 1 aliphatic carbocycles. The first kappa shape index (κ1) is 15.5. The van der Waals surface area contributed by atoms with Crippen molar-refractivity contribution < 1.29 is 14.3 Å². The SMILES string of the molecule is CC1=N[C@@H]2C=C(OC3CN(C(=O)OC(C)(C)C)C3)C=C[C@H]2S1. The first-order valence-electron chi connectivity index (χ1n) is 7.56. The van der Waals surface area contributed by atoms with E-state index in [1.165, 1.54) is 0 Å². The zero-order valence-corrected chi connectivity index (χ0v) is 14.2. The molecule has 0 bridgehead atoms. The Morgan fingerprint density at radius 1 is 1.41 bits per heavy atom. The Labute approximate surface area is 135 Å². The van der Waals surface area contributed by atoms with Crippen LogP contribution in [0.1, 0.15) is 27.7 Å². The van der Waals surface area contributed by atoms with Gasteiger partial charge in [-0.1, -0.05) is 6.08 Å². The number of nitrogens with zero attached hydrogens (tertiary/aromatic N) is 2. The minimum atomic E-state index is -0.456. The Hall–Kier alpha value is -1.43. The molecule has 3 rings (SSSR count). The summed E-state index contributed by atoms with van der Waals surface area (Å²) in [6, 6.07) is 0.187. The summed E-state index contributed by atoms with van der Waals surface area (Å²) in [5.41, 5.74) is -0.456. The lowest BCUT2D eigenvalue weighted by Crippen LogP contribution is -2.55. The van der Waals surface area contributed by atoms with E-state index in [2.05, 4.69) is 17.1 Å². The van der Waals surface area contributed by atoms with Crippen molar-refractivity contribution in [3.8, 4) is 0 Å². The smallest absolute Gasteiger partial charge is 0.410 e. The van der Waals surface area contributed by atoms with E-state index < -0.39 is 5.60 Å². The Balaban J connectivity index is 1.48. The quantitative estimate of drug-likeness (QED) is 0.784. The maximum absolute atomic E-state index is 11.9. The molecule has 1 fully saturated rings. The number of likely N-dealkylation sites (tertiary alicyclic amines) is 1. The van der Waals surface area contributed by atoms with Crippen LogP contribution >= 0.6 is 11.8 Å². The van der Waals surface area contributed by atoms with E-state index in [1.807, 2.05) is 33.8 Å². The van der Waals surface area contributed by atoms with Gasteiger partial charge in [0.2, 0.25) is 0 Å². The molecule has 0 aromatic carbocycles. The normalized spacial score (nSPS) is 27.7. The summed E-state index contributed by atoms with van der Waals surface area (Å²) in [4.78, 5) is 18.1. The number of allylic oxidation sites excluding steroid dienone is 1. The van der Waals surface area contributed by atoms with Crippen LogP contribution in [-0.2, 0) is 9.47 Å². The second-order valence-corrected chi connectivity index (χ2v) is 8.15. The van der Waals surface area contributed by atoms with Crippen molar-refractivity contribution in [3.63, 3.8) is 0 Å². The van der Waals surface area contributed by atoms with E-state index in [0.29, 0.717) is 18.3 Å². The number of hydrogen-bond donors (Lipinski definition) is 0. The van der Waals surface area contributed by atoms with Crippen LogP contribution in [0, 0.1) is 0 Å². The van der Waals surface area contributed by atoms with E-state index >= 15 is 0 Å². The standard InChI is InChI=1S/C16H22N2O3S/c1-10-17-13-7-11(5-6-14(13)22-10)20-12-8-18(9-12)15(19)21-16(2,3)4/h5-7,12-14H,8-9H2,1-4H3/t13-,14-/m1/s1. The molecule has 1 saturated heterocycles. The predicted octanol–water partition coefficient (Wildman–Crippen LogP) is 2.98. The Bertz CT molecular complexity index is 556. The number of hydrogen-bond acceptors (Lipinski definition) is 5. The van der Waals surface area contributed by atoms with Crippen molar-refractivity contribution >= 4 is 22.9 Å². The molecule has 5 nitrogen and oxygen atoms in total. The van der Waals surface area contributed by atoms with Gasteiger partial charge in [0.25, 0.3) is 0 Å². The molecule has 22 heavy (non-hydrogen) atoms. The average molecular weight is 322 g/mol. The van der Waals surface area contributed by atoms with Gasteiger partial charge in [0.15, 0.2) is 0 Å². The Morgan fingerprint density at radius 2 is 2.14 bits per heavy atom. The molecule has 0 aromatic rings. The fourth-order valence-corrected chi connectivity index (χ4v) is 3.55. The van der Waals surface area contributed by atoms with E-state index in [1.54, 1.807) is 16.7 Å². The van der Waals surface area contributed by atoms with Gasteiger partial charge < -0.3 is 14.4 Å². The van der Waals surface area contributed by atoms with Gasteiger partial charge in [-0.25, -0.2) is 4.79 Å². The topological polar surface area (TPSA) is 51.1 Å². The average Bonchev–Trinajstić information content (AvgIpc) is 2.70. The molecular formula is C16H22N2O3S. The number of rotatable bonds is 2. The van der Waals surface area contributed by atoms with Crippen LogP contribution in [0.25, 0.3) is 0 Å². The zero-order valence-electron chi connectivity index (χ0n) is 13.4. The van der Waals surface area contributed by atoms with Crippen LogP contribution < -0.4 is 0 Å². The van der Waals surface area contributed by atoms with Gasteiger partial charge in [0, 0.05) is 0 Å². The summed E-state index contributed by atoms with van der Waals surface area (Å²) >= 11 is 1.79. The van der Waals surface area contributed by atoms with Gasteiger partial charge in [-0.3, -0.25) is 4.99 Å². The third-order valence-electron chi connectivity index (χ3n) is 3.56. The van der Waals surface area contributed by atoms with Gasteiger partial charge in [-0.15, -0.1) is 11.8 Å². The number of fused-ring (bicyclic) bond motifs is 1. The van der Waals surface area contributed by atoms with Crippen LogP contribution in [-0.4, -0.2) is 52.1 Å². The van der Waals surface area contributed by atoms with Crippen LogP contribution in [0.2, 0.25) is 0 Å². The molecule has 0 aromatic heterocycles. The largest absolute Gasteiger partial charge is 0.487 e. The molecule has 2 atom stereocenters. The van der Waals surface area contributed by atoms with Crippen LogP contribution in [0.4, 0.5) is 4.79 Å². The Kier molecular flexibility index (Phi) is 3.97. The first-order chi connectivity index (χ1) is 10.3. The van der Waals surface area contributed by atoms with E-state index in [4.69, 9.17) is 9.47 Å². The molecular weight excluding hydrogens is 300 g/mol. The van der Waals surface area contributed by atoms with Crippen LogP contribution in [0.5, 0.6) is 0 Å². The monoisotopic (exact) mass is 322 g/mol. The zero-order chi connectivity index (χ0) is 15.9. The summed E-state index contributed by atoms with van der Waals surface area (Å²) in [6.07, 6.45) is 6.00. The number of ether oxygens (including phenoxy) is 2. The number of amides is 1. The molecule has 1 amide bonds. The second kappa shape index (κ2) is 5.65. The molecule has 6 heteroatoms. The van der Waals surface area contributed by atoms with Gasteiger partial charge >= 0.3 is 6.09 Å². The molecule has 0 radical (unpaired) electrons. The third-order valence-corrected chi connectivity index (χ3v) is 4.72. The molecule has 3 aliphatic rings. The van der Waals surface area contributed by atoms with Gasteiger partial charge in [0.1, 0.15) is 17.5 Å². The van der Waals surface area contributed by atoms with Gasteiger partial charge in [-0.2, -0.15) is 0 Å². The Morgan fingerprint density at radius 3 is 2.82 bits per heavy atom. The molecule has 0 saturated carbocycles. The van der Waals surface area contributed by atoms with Crippen molar-refractivity contribution in [2.75, 3.05) is 13.1 Å². The first-order valence-corrected chi connectivity index (χ1v) is 8.44. The summed E-state index contributed by atoms with van der Waals surface area (Å²) < 4.78 is 11.3. The highest BCUT2D eigenvalue weighted by atomic mass is 32.2.